The summed E-state index contributed by atoms with van der Waals surface area (Å²) in [5, 5.41) is 4.27. The Kier molecular flexibility index (Phi) is 4.90. The summed E-state index contributed by atoms with van der Waals surface area (Å²) in [6, 6.07) is 11.1. The van der Waals surface area contributed by atoms with Crippen LogP contribution in [0.3, 0.4) is 0 Å². The molecule has 1 aromatic carbocycles. The Morgan fingerprint density at radius 2 is 2.22 bits per heavy atom. The first-order valence-corrected chi connectivity index (χ1v) is 7.80. The molecule has 116 valence electrons. The van der Waals surface area contributed by atoms with Crippen molar-refractivity contribution in [1.82, 2.24) is 10.4 Å². The number of nitrogens with one attached hydrogen (secondary N) is 1. The van der Waals surface area contributed by atoms with Crippen molar-refractivity contribution in [2.24, 2.45) is 5.10 Å². The Balaban J connectivity index is 1.44. The molecule has 0 radical (unpaired) electrons. The lowest BCUT2D eigenvalue weighted by Gasteiger charge is -1.95. The normalized spacial score (nSPS) is 11.7. The van der Waals surface area contributed by atoms with E-state index in [1.54, 1.807) is 24.5 Å². The van der Waals surface area contributed by atoms with E-state index in [-0.39, 0.29) is 11.7 Å². The Labute approximate surface area is 136 Å². The zero-order valence-corrected chi connectivity index (χ0v) is 12.8. The summed E-state index contributed by atoms with van der Waals surface area (Å²) in [5.74, 6) is 0.653. The first kappa shape index (κ1) is 15.1. The Bertz CT molecular complexity index is 804. The summed E-state index contributed by atoms with van der Waals surface area (Å²) in [7, 11) is 0. The van der Waals surface area contributed by atoms with E-state index in [1.165, 1.54) is 18.0 Å². The smallest absolute Gasteiger partial charge is 0.257 e. The number of aromatic nitrogens is 1. The van der Waals surface area contributed by atoms with Crippen molar-refractivity contribution in [1.29, 1.82) is 0 Å². The molecule has 1 N–H and O–H groups in total. The molecule has 7 heteroatoms. The van der Waals surface area contributed by atoms with Gasteiger partial charge in [0.1, 0.15) is 11.3 Å². The average molecular weight is 327 g/mol. The number of hydrogen-bond donors (Lipinski definition) is 1. The van der Waals surface area contributed by atoms with E-state index < -0.39 is 0 Å². The van der Waals surface area contributed by atoms with Crippen LogP contribution in [0.25, 0.3) is 17.2 Å². The Morgan fingerprint density at radius 1 is 1.30 bits per heavy atom. The molecule has 2 heterocycles. The summed E-state index contributed by atoms with van der Waals surface area (Å²) >= 11 is 1.22. The van der Waals surface area contributed by atoms with Crippen LogP contribution in [0, 0.1) is 0 Å². The SMILES string of the molecule is O=C(CSc1nc2ccccc2o1)N/N=C\C=C\c1ccco1. The minimum Gasteiger partial charge on any atom is -0.465 e. The van der Waals surface area contributed by atoms with Gasteiger partial charge in [-0.25, -0.2) is 10.4 Å². The average Bonchev–Trinajstić information content (AvgIpc) is 3.21. The van der Waals surface area contributed by atoms with Crippen molar-refractivity contribution in [2.45, 2.75) is 5.22 Å². The number of para-hydroxylation sites is 2. The van der Waals surface area contributed by atoms with Gasteiger partial charge in [0.05, 0.1) is 12.0 Å². The number of hydrogen-bond acceptors (Lipinski definition) is 6. The molecule has 0 saturated heterocycles. The first-order valence-electron chi connectivity index (χ1n) is 6.82. The van der Waals surface area contributed by atoms with Gasteiger partial charge in [-0.3, -0.25) is 4.79 Å². The first-order chi connectivity index (χ1) is 11.3. The van der Waals surface area contributed by atoms with Crippen molar-refractivity contribution in [3.63, 3.8) is 0 Å². The van der Waals surface area contributed by atoms with E-state index in [0.29, 0.717) is 16.6 Å². The van der Waals surface area contributed by atoms with Crippen LogP contribution in [-0.2, 0) is 4.79 Å². The molecule has 0 unspecified atom stereocenters. The van der Waals surface area contributed by atoms with Crippen LogP contribution in [0.15, 0.2) is 67.9 Å². The van der Waals surface area contributed by atoms with E-state index in [1.807, 2.05) is 30.3 Å². The maximum Gasteiger partial charge on any atom is 0.257 e. The van der Waals surface area contributed by atoms with Gasteiger partial charge in [-0.1, -0.05) is 23.9 Å². The van der Waals surface area contributed by atoms with Gasteiger partial charge < -0.3 is 8.83 Å². The zero-order chi connectivity index (χ0) is 15.9. The molecule has 0 aliphatic rings. The van der Waals surface area contributed by atoms with Gasteiger partial charge in [-0.05, 0) is 36.4 Å². The van der Waals surface area contributed by atoms with E-state index in [9.17, 15) is 4.79 Å². The molecule has 1 amide bonds. The molecule has 2 aromatic heterocycles. The second-order valence-corrected chi connectivity index (χ2v) is 5.35. The number of fused-ring (bicyclic) bond motifs is 1. The molecule has 3 rings (SSSR count). The standard InChI is InChI=1S/C16H13N3O3S/c20-15(19-17-9-3-5-12-6-4-10-21-12)11-23-16-18-13-7-1-2-8-14(13)22-16/h1-10H,11H2,(H,19,20)/b5-3+,17-9-. The summed E-state index contributed by atoms with van der Waals surface area (Å²) in [6.45, 7) is 0. The molecule has 6 nitrogen and oxygen atoms in total. The van der Waals surface area contributed by atoms with Crippen molar-refractivity contribution in [3.8, 4) is 0 Å². The molecule has 23 heavy (non-hydrogen) atoms. The number of hydrazone groups is 1. The minimum atomic E-state index is -0.236. The molecule has 0 bridgehead atoms. The summed E-state index contributed by atoms with van der Waals surface area (Å²) in [5.41, 5.74) is 3.90. The second-order valence-electron chi connectivity index (χ2n) is 4.42. The van der Waals surface area contributed by atoms with Gasteiger partial charge >= 0.3 is 0 Å². The Hall–Kier alpha value is -2.80. The molecule has 0 spiro atoms. The highest BCUT2D eigenvalue weighted by Crippen LogP contribution is 2.22. The topological polar surface area (TPSA) is 80.6 Å². The molecule has 0 aliphatic carbocycles. The highest BCUT2D eigenvalue weighted by Gasteiger charge is 2.08. The van der Waals surface area contributed by atoms with E-state index in [2.05, 4.69) is 15.5 Å². The van der Waals surface area contributed by atoms with Crippen LogP contribution in [0.2, 0.25) is 0 Å². The van der Waals surface area contributed by atoms with Gasteiger partial charge in [0.25, 0.3) is 11.1 Å². The fourth-order valence-corrected chi connectivity index (χ4v) is 2.38. The predicted molar refractivity (Wildman–Crippen MR) is 89.1 cm³/mol. The van der Waals surface area contributed by atoms with Gasteiger partial charge in [0.2, 0.25) is 0 Å². The zero-order valence-electron chi connectivity index (χ0n) is 12.0. The number of thioether (sulfide) groups is 1. The van der Waals surface area contributed by atoms with Crippen molar-refractivity contribution in [2.75, 3.05) is 5.75 Å². The van der Waals surface area contributed by atoms with Gasteiger partial charge in [0.15, 0.2) is 5.58 Å². The number of allylic oxidation sites excluding steroid dienone is 1. The number of rotatable bonds is 6. The van der Waals surface area contributed by atoms with Gasteiger partial charge in [-0.2, -0.15) is 5.10 Å². The lowest BCUT2D eigenvalue weighted by atomic mass is 10.3. The number of furan rings is 1. The molecule has 0 saturated carbocycles. The Morgan fingerprint density at radius 3 is 3.04 bits per heavy atom. The van der Waals surface area contributed by atoms with Gasteiger partial charge in [0, 0.05) is 6.21 Å². The van der Waals surface area contributed by atoms with Crippen LogP contribution in [0.1, 0.15) is 5.76 Å². The number of carbonyl (C=O) groups is 1. The lowest BCUT2D eigenvalue weighted by Crippen LogP contribution is -2.19. The number of benzene rings is 1. The predicted octanol–water partition coefficient (Wildman–Crippen LogP) is 3.33. The van der Waals surface area contributed by atoms with Crippen molar-refractivity contribution >= 4 is 41.1 Å². The number of nitrogens with zero attached hydrogens (tertiary/aromatic N) is 2. The quantitative estimate of drug-likeness (QED) is 0.427. The second kappa shape index (κ2) is 7.46. The summed E-state index contributed by atoms with van der Waals surface area (Å²) < 4.78 is 10.6. The fraction of sp³-hybridized carbons (Fsp3) is 0.0625. The third-order valence-corrected chi connectivity index (χ3v) is 3.58. The maximum absolute atomic E-state index is 11.7. The lowest BCUT2D eigenvalue weighted by molar-refractivity contribution is -0.118. The minimum absolute atomic E-state index is 0.173. The van der Waals surface area contributed by atoms with Crippen LogP contribution in [-0.4, -0.2) is 22.9 Å². The molecular formula is C16H13N3O3S. The van der Waals surface area contributed by atoms with E-state index in [0.717, 1.165) is 5.52 Å². The van der Waals surface area contributed by atoms with Crippen molar-refractivity contribution in [3.05, 3.63) is 54.5 Å². The van der Waals surface area contributed by atoms with E-state index in [4.69, 9.17) is 8.83 Å². The molecule has 0 aliphatic heterocycles. The summed E-state index contributed by atoms with van der Waals surface area (Å²) in [6.07, 6.45) is 6.47. The van der Waals surface area contributed by atoms with Crippen molar-refractivity contribution < 1.29 is 13.6 Å². The van der Waals surface area contributed by atoms with Crippen LogP contribution in [0.4, 0.5) is 0 Å². The fourth-order valence-electron chi connectivity index (χ4n) is 1.75. The third-order valence-electron chi connectivity index (χ3n) is 2.75. The van der Waals surface area contributed by atoms with Gasteiger partial charge in [-0.15, -0.1) is 0 Å². The van der Waals surface area contributed by atoms with Crippen LogP contribution in [0.5, 0.6) is 0 Å². The summed E-state index contributed by atoms with van der Waals surface area (Å²) in [4.78, 5) is 15.9. The van der Waals surface area contributed by atoms with Crippen LogP contribution >= 0.6 is 11.8 Å². The monoisotopic (exact) mass is 327 g/mol. The van der Waals surface area contributed by atoms with Crippen LogP contribution < -0.4 is 5.43 Å². The number of oxazole rings is 1. The number of amides is 1. The molecular weight excluding hydrogens is 314 g/mol. The molecule has 0 fully saturated rings. The van der Waals surface area contributed by atoms with E-state index >= 15 is 0 Å². The highest BCUT2D eigenvalue weighted by atomic mass is 32.2. The molecule has 0 atom stereocenters. The number of carbonyl (C=O) groups excluding carboxylic acids is 1. The molecule has 3 aromatic rings. The largest absolute Gasteiger partial charge is 0.465 e. The maximum atomic E-state index is 11.7. The third kappa shape index (κ3) is 4.33. The highest BCUT2D eigenvalue weighted by molar-refractivity contribution is 7.99.